The van der Waals surface area contributed by atoms with Gasteiger partial charge in [-0.05, 0) is 11.1 Å². The van der Waals surface area contributed by atoms with Crippen LogP contribution in [0.2, 0.25) is 0 Å². The summed E-state index contributed by atoms with van der Waals surface area (Å²) in [5.74, 6) is -1.57. The number of hydrogen-bond donors (Lipinski definition) is 0. The first-order valence-corrected chi connectivity index (χ1v) is 5.13. The third-order valence-electron chi connectivity index (χ3n) is 1.99. The first-order chi connectivity index (χ1) is 6.15. The molecule has 13 heavy (non-hydrogen) atoms. The molecule has 0 radical (unpaired) electrons. The molecular formula is C10H10BrO2-. The van der Waals surface area contributed by atoms with Crippen molar-refractivity contribution in [2.45, 2.75) is 18.2 Å². The number of carboxylic acids is 1. The van der Waals surface area contributed by atoms with Gasteiger partial charge in [0.2, 0.25) is 0 Å². The second kappa shape index (κ2) is 4.42. The molecule has 0 spiro atoms. The highest BCUT2D eigenvalue weighted by molar-refractivity contribution is 9.08. The molecule has 1 rings (SSSR count). The fourth-order valence-corrected chi connectivity index (χ4v) is 1.41. The van der Waals surface area contributed by atoms with E-state index < -0.39 is 11.9 Å². The highest BCUT2D eigenvalue weighted by Gasteiger charge is 2.05. The Morgan fingerprint density at radius 2 is 2.00 bits per heavy atom. The summed E-state index contributed by atoms with van der Waals surface area (Å²) in [7, 11) is 0. The van der Waals surface area contributed by atoms with Crippen LogP contribution >= 0.6 is 15.9 Å². The van der Waals surface area contributed by atoms with Crippen LogP contribution in [0.3, 0.4) is 0 Å². The van der Waals surface area contributed by atoms with Gasteiger partial charge in [-0.25, -0.2) is 0 Å². The van der Waals surface area contributed by atoms with Crippen LogP contribution in [-0.4, -0.2) is 5.97 Å². The van der Waals surface area contributed by atoms with Crippen LogP contribution in [0.15, 0.2) is 24.3 Å². The molecule has 0 bridgehead atoms. The van der Waals surface area contributed by atoms with Crippen molar-refractivity contribution in [2.75, 3.05) is 0 Å². The maximum atomic E-state index is 10.5. The summed E-state index contributed by atoms with van der Waals surface area (Å²) < 4.78 is 0. The van der Waals surface area contributed by atoms with Gasteiger partial charge in [0.1, 0.15) is 0 Å². The predicted octanol–water partition coefficient (Wildman–Crippen LogP) is 1.43. The van der Waals surface area contributed by atoms with E-state index in [1.807, 2.05) is 24.3 Å². The van der Waals surface area contributed by atoms with Gasteiger partial charge in [0, 0.05) is 17.2 Å². The second-order valence-electron chi connectivity index (χ2n) is 2.92. The van der Waals surface area contributed by atoms with Crippen molar-refractivity contribution in [1.29, 1.82) is 0 Å². The number of carbonyl (C=O) groups is 1. The van der Waals surface area contributed by atoms with E-state index in [0.29, 0.717) is 0 Å². The SMILES string of the molecule is C[C@H](C(=O)[O-])c1ccc(CBr)cc1. The minimum atomic E-state index is -1.04. The van der Waals surface area contributed by atoms with Crippen molar-refractivity contribution in [2.24, 2.45) is 0 Å². The van der Waals surface area contributed by atoms with Gasteiger partial charge >= 0.3 is 0 Å². The van der Waals surface area contributed by atoms with Gasteiger partial charge in [-0.15, -0.1) is 0 Å². The van der Waals surface area contributed by atoms with Crippen molar-refractivity contribution in [3.8, 4) is 0 Å². The predicted molar refractivity (Wildman–Crippen MR) is 52.5 cm³/mol. The number of rotatable bonds is 3. The Labute approximate surface area is 85.7 Å². The molecule has 0 N–H and O–H groups in total. The van der Waals surface area contributed by atoms with E-state index in [1.165, 1.54) is 0 Å². The summed E-state index contributed by atoms with van der Waals surface area (Å²) in [6, 6.07) is 7.45. The Morgan fingerprint density at radius 3 is 2.38 bits per heavy atom. The number of hydrogen-bond acceptors (Lipinski definition) is 2. The van der Waals surface area contributed by atoms with Gasteiger partial charge in [-0.2, -0.15) is 0 Å². The van der Waals surface area contributed by atoms with Crippen LogP contribution < -0.4 is 5.11 Å². The average molecular weight is 242 g/mol. The molecule has 0 saturated heterocycles. The average Bonchev–Trinajstić information content (AvgIpc) is 2.17. The molecule has 0 aromatic heterocycles. The van der Waals surface area contributed by atoms with Crippen molar-refractivity contribution < 1.29 is 9.90 Å². The van der Waals surface area contributed by atoms with Gasteiger partial charge in [0.25, 0.3) is 0 Å². The fourth-order valence-electron chi connectivity index (χ4n) is 1.03. The number of halogens is 1. The Kier molecular flexibility index (Phi) is 3.48. The van der Waals surface area contributed by atoms with Crippen LogP contribution in [0.5, 0.6) is 0 Å². The molecule has 1 aromatic rings. The quantitative estimate of drug-likeness (QED) is 0.752. The largest absolute Gasteiger partial charge is 0.550 e. The first-order valence-electron chi connectivity index (χ1n) is 4.01. The van der Waals surface area contributed by atoms with Gasteiger partial charge in [0.05, 0.1) is 0 Å². The van der Waals surface area contributed by atoms with Gasteiger partial charge in [-0.3, -0.25) is 0 Å². The lowest BCUT2D eigenvalue weighted by Gasteiger charge is -2.12. The topological polar surface area (TPSA) is 40.1 Å². The summed E-state index contributed by atoms with van der Waals surface area (Å²) >= 11 is 3.32. The molecule has 2 nitrogen and oxygen atoms in total. The van der Waals surface area contributed by atoms with Crippen LogP contribution in [-0.2, 0) is 10.1 Å². The highest BCUT2D eigenvalue weighted by atomic mass is 79.9. The molecule has 0 saturated carbocycles. The van der Waals surface area contributed by atoms with E-state index in [9.17, 15) is 9.90 Å². The number of carboxylic acid groups (broad SMARTS) is 1. The van der Waals surface area contributed by atoms with Crippen LogP contribution in [0.4, 0.5) is 0 Å². The Morgan fingerprint density at radius 1 is 1.46 bits per heavy atom. The monoisotopic (exact) mass is 241 g/mol. The molecule has 0 amide bonds. The Bertz CT molecular complexity index is 292. The first kappa shape index (κ1) is 10.3. The van der Waals surface area contributed by atoms with Crippen molar-refractivity contribution in [3.05, 3.63) is 35.4 Å². The van der Waals surface area contributed by atoms with Crippen LogP contribution in [0.1, 0.15) is 24.0 Å². The van der Waals surface area contributed by atoms with E-state index >= 15 is 0 Å². The summed E-state index contributed by atoms with van der Waals surface area (Å²) in [6.07, 6.45) is 0. The maximum Gasteiger partial charge on any atom is 0.0486 e. The lowest BCUT2D eigenvalue weighted by Crippen LogP contribution is -2.27. The summed E-state index contributed by atoms with van der Waals surface area (Å²) in [6.45, 7) is 1.62. The van der Waals surface area contributed by atoms with E-state index in [1.54, 1.807) is 6.92 Å². The van der Waals surface area contributed by atoms with E-state index in [4.69, 9.17) is 0 Å². The standard InChI is InChI=1S/C10H11BrO2/c1-7(10(12)13)9-4-2-8(6-11)3-5-9/h2-5,7H,6H2,1H3,(H,12,13)/p-1/t7-/m0/s1. The van der Waals surface area contributed by atoms with Crippen molar-refractivity contribution >= 4 is 21.9 Å². The number of aliphatic carboxylic acids is 1. The summed E-state index contributed by atoms with van der Waals surface area (Å²) in [4.78, 5) is 10.5. The fraction of sp³-hybridized carbons (Fsp3) is 0.300. The summed E-state index contributed by atoms with van der Waals surface area (Å²) in [5.41, 5.74) is 1.92. The maximum absolute atomic E-state index is 10.5. The zero-order valence-electron chi connectivity index (χ0n) is 7.29. The number of alkyl halides is 1. The molecular weight excluding hydrogens is 232 g/mol. The lowest BCUT2D eigenvalue weighted by atomic mass is 10.0. The lowest BCUT2D eigenvalue weighted by molar-refractivity contribution is -0.307. The third kappa shape index (κ3) is 2.56. The van der Waals surface area contributed by atoms with Crippen molar-refractivity contribution in [1.82, 2.24) is 0 Å². The molecule has 1 atom stereocenters. The molecule has 70 valence electrons. The van der Waals surface area contributed by atoms with E-state index in [2.05, 4.69) is 15.9 Å². The molecule has 0 heterocycles. The van der Waals surface area contributed by atoms with Gasteiger partial charge < -0.3 is 9.90 Å². The number of carbonyl (C=O) groups excluding carboxylic acids is 1. The minimum absolute atomic E-state index is 0.538. The molecule has 0 aliphatic heterocycles. The molecule has 0 aliphatic carbocycles. The second-order valence-corrected chi connectivity index (χ2v) is 3.48. The van der Waals surface area contributed by atoms with Gasteiger partial charge in [-0.1, -0.05) is 47.1 Å². The highest BCUT2D eigenvalue weighted by Crippen LogP contribution is 2.16. The zero-order valence-corrected chi connectivity index (χ0v) is 8.87. The molecule has 0 aliphatic rings. The van der Waals surface area contributed by atoms with Crippen LogP contribution in [0.25, 0.3) is 0 Å². The van der Waals surface area contributed by atoms with Gasteiger partial charge in [0.15, 0.2) is 0 Å². The normalized spacial score (nSPS) is 12.5. The molecule has 1 aromatic carbocycles. The minimum Gasteiger partial charge on any atom is -0.550 e. The van der Waals surface area contributed by atoms with Crippen molar-refractivity contribution in [3.63, 3.8) is 0 Å². The number of benzene rings is 1. The molecule has 0 fully saturated rings. The summed E-state index contributed by atoms with van der Waals surface area (Å²) in [5, 5.41) is 11.3. The van der Waals surface area contributed by atoms with E-state index in [-0.39, 0.29) is 0 Å². The molecule has 0 unspecified atom stereocenters. The Hall–Kier alpha value is -0.830. The van der Waals surface area contributed by atoms with E-state index in [0.717, 1.165) is 16.5 Å². The third-order valence-corrected chi connectivity index (χ3v) is 2.64. The zero-order chi connectivity index (χ0) is 9.84. The Balaban J connectivity index is 2.85. The smallest absolute Gasteiger partial charge is 0.0486 e. The van der Waals surface area contributed by atoms with Crippen LogP contribution in [0, 0.1) is 0 Å². The molecule has 3 heteroatoms.